The van der Waals surface area contributed by atoms with E-state index in [1.54, 1.807) is 0 Å². The van der Waals surface area contributed by atoms with Crippen LogP contribution in [0.2, 0.25) is 0 Å². The molecule has 0 aliphatic rings. The van der Waals surface area contributed by atoms with Crippen molar-refractivity contribution in [3.05, 3.63) is 0 Å². The van der Waals surface area contributed by atoms with Crippen molar-refractivity contribution in [1.82, 2.24) is 0 Å². The van der Waals surface area contributed by atoms with Gasteiger partial charge >= 0.3 is 429 Å². The van der Waals surface area contributed by atoms with Gasteiger partial charge in [-0.15, -0.1) is 0 Å². The van der Waals surface area contributed by atoms with Crippen LogP contribution in [0.15, 0.2) is 0 Å². The Labute approximate surface area is 691 Å². The van der Waals surface area contributed by atoms with Crippen LogP contribution in [-0.2, 0) is 283 Å². The summed E-state index contributed by atoms with van der Waals surface area (Å²) in [5, 5.41) is 0. The van der Waals surface area contributed by atoms with Crippen LogP contribution in [0.1, 0.15) is 0 Å². The van der Waals surface area contributed by atoms with Gasteiger partial charge in [-0.3, -0.25) is 0 Å². The minimum absolute atomic E-state index is 0. The van der Waals surface area contributed by atoms with E-state index in [9.17, 15) is 0 Å². The third-order valence-electron chi connectivity index (χ3n) is 0. The fourth-order valence-corrected chi connectivity index (χ4v) is 0. The molecule has 0 fully saturated rings. The Morgan fingerprint density at radius 2 is 0.0870 bits per heavy atom. The first-order chi connectivity index (χ1) is 0. The van der Waals surface area contributed by atoms with Crippen molar-refractivity contribution in [1.29, 1.82) is 0 Å². The maximum Gasteiger partial charge on any atom is 2.00 e. The molecule has 0 amide bonds. The van der Waals surface area contributed by atoms with Crippen molar-refractivity contribution in [2.45, 2.75) is 0 Å². The first-order valence-electron chi connectivity index (χ1n) is 0. The first-order valence-corrected chi connectivity index (χ1v) is 0. The summed E-state index contributed by atoms with van der Waals surface area (Å²) < 4.78 is 0. The average molecular weight is 1240 g/mol. The predicted molar refractivity (Wildman–Crippen MR) is 76.8 cm³/mol. The van der Waals surface area contributed by atoms with Gasteiger partial charge in [-0.05, 0) is 0 Å². The molecular formula is Ca10KO28V7-35. The second-order valence-corrected chi connectivity index (χ2v) is 0. The largest absolute Gasteiger partial charge is 2.00 e. The molecule has 0 heterocycles. The molecule has 0 aromatic heterocycles. The SMILES string of the molecule is [Ca+2].[Ca+2].[Ca+2].[Ca+2].[Ca+2].[Ca+2].[Ca+2].[Ca+2].[Ca+2].[Ca+2].[K+].[O-2].[O-2].[O-2].[O-2].[O-2].[O-2].[O-2].[O-2].[O-2].[O-2].[O-2].[O-2].[O-2].[O-2].[O-2].[O-2].[O-2].[O-2].[O-2].[O-2].[O-2].[O-2].[O-2].[O-2].[O-2].[O-2].[O-2].[O-2].[V].[V].[V].[V].[V].[V].[V]. The van der Waals surface area contributed by atoms with Crippen LogP contribution < -0.4 is 51.4 Å². The summed E-state index contributed by atoms with van der Waals surface area (Å²) in [4.78, 5) is 0. The quantitative estimate of drug-likeness (QED) is 0.204. The van der Waals surface area contributed by atoms with Crippen molar-refractivity contribution in [3.63, 3.8) is 0 Å². The van der Waals surface area contributed by atoms with Crippen molar-refractivity contribution in [2.75, 3.05) is 0 Å². The van der Waals surface area contributed by atoms with E-state index in [0.717, 1.165) is 0 Å². The molecule has 0 N–H and O–H groups in total. The van der Waals surface area contributed by atoms with E-state index in [4.69, 9.17) is 0 Å². The molecule has 46 heteroatoms. The first kappa shape index (κ1) is 826. The minimum Gasteiger partial charge on any atom is -2.00 e. The van der Waals surface area contributed by atoms with Gasteiger partial charge in [-0.2, -0.15) is 0 Å². The van der Waals surface area contributed by atoms with Gasteiger partial charge in [-0.1, -0.05) is 0 Å². The topological polar surface area (TPSA) is 798 Å². The summed E-state index contributed by atoms with van der Waals surface area (Å²) in [6.07, 6.45) is 0. The van der Waals surface area contributed by atoms with E-state index < -0.39 is 0 Å². The zero-order chi connectivity index (χ0) is 0. The van der Waals surface area contributed by atoms with Crippen LogP contribution in [0.25, 0.3) is 0 Å². The average Bonchev–Trinajstić information content (AvgIpc) is 0. The molecule has 0 bridgehead atoms. The van der Waals surface area contributed by atoms with Crippen molar-refractivity contribution >= 4 is 377 Å². The smallest absolute Gasteiger partial charge is 2.00 e. The van der Waals surface area contributed by atoms with E-state index in [2.05, 4.69) is 0 Å². The number of hydrogen-bond acceptors (Lipinski definition) is 0. The fraction of sp³-hybridized carbons (Fsp3) is 0. The van der Waals surface area contributed by atoms with Crippen molar-refractivity contribution < 1.29 is 335 Å². The van der Waals surface area contributed by atoms with Crippen molar-refractivity contribution in [3.8, 4) is 0 Å². The van der Waals surface area contributed by atoms with E-state index in [1.807, 2.05) is 0 Å². The summed E-state index contributed by atoms with van der Waals surface area (Å²) >= 11 is 0. The van der Waals surface area contributed by atoms with Gasteiger partial charge in [-0.25, -0.2) is 0 Å². The Balaban J connectivity index is 0. The Morgan fingerprint density at radius 3 is 0.0870 bits per heavy atom. The molecule has 0 saturated heterocycles. The predicted octanol–water partition coefficient (Wildman–Crippen LogP) is -10.1. The van der Waals surface area contributed by atoms with Crippen LogP contribution in [0.4, 0.5) is 0 Å². The summed E-state index contributed by atoms with van der Waals surface area (Å²) in [6.45, 7) is 0. The molecule has 0 spiro atoms. The van der Waals surface area contributed by atoms with Crippen LogP contribution in [0.5, 0.6) is 0 Å². The molecule has 0 rings (SSSR count). The minimum atomic E-state index is 0. The standard InChI is InChI=1S/10Ca.K.28O.7V/q10*+2;+1;28*-2;;;;;;;. The maximum absolute atomic E-state index is 0. The maximum atomic E-state index is 0. The molecule has 0 atom stereocenters. The van der Waals surface area contributed by atoms with E-state index in [0.29, 0.717) is 0 Å². The van der Waals surface area contributed by atoms with Gasteiger partial charge in [0.15, 0.2) is 0 Å². The normalized spacial score (nSPS) is 0. The van der Waals surface area contributed by atoms with Crippen LogP contribution in [0.3, 0.4) is 0 Å². The Morgan fingerprint density at radius 1 is 0.0870 bits per heavy atom. The number of hydrogen-bond donors (Lipinski definition) is 0. The van der Waals surface area contributed by atoms with Gasteiger partial charge < -0.3 is 153 Å². The Bertz CT molecular complexity index is 66.6. The van der Waals surface area contributed by atoms with E-state index in [-0.39, 0.29) is 712 Å². The molecule has 0 aromatic rings. The summed E-state index contributed by atoms with van der Waals surface area (Å²) in [5.74, 6) is 0. The molecule has 259 valence electrons. The fourth-order valence-electron chi connectivity index (χ4n) is 0. The van der Waals surface area contributed by atoms with Gasteiger partial charge in [0.2, 0.25) is 0 Å². The molecule has 0 aliphatic heterocycles. The molecule has 0 aromatic carbocycles. The molecule has 46 heavy (non-hydrogen) atoms. The zero-order valence-corrected chi connectivity index (χ0v) is 57.6. The molecule has 0 saturated carbocycles. The molecule has 0 unspecified atom stereocenters. The zero-order valence-electron chi connectivity index (χ0n) is 22.6. The monoisotopic (exact) mass is 1240 g/mol. The number of rotatable bonds is 0. The van der Waals surface area contributed by atoms with Crippen LogP contribution in [0, 0.1) is 0 Å². The third kappa shape index (κ3) is 749. The van der Waals surface area contributed by atoms with Gasteiger partial charge in [0.25, 0.3) is 0 Å². The molecule has 28 nitrogen and oxygen atoms in total. The van der Waals surface area contributed by atoms with E-state index >= 15 is 0 Å². The summed E-state index contributed by atoms with van der Waals surface area (Å²) in [6, 6.07) is 0. The second kappa shape index (κ2) is 787. The van der Waals surface area contributed by atoms with Crippen molar-refractivity contribution in [2.24, 2.45) is 0 Å². The molecular weight excluding hydrogens is 1240 g/mol. The second-order valence-electron chi connectivity index (χ2n) is 0. The summed E-state index contributed by atoms with van der Waals surface area (Å²) in [5.41, 5.74) is 0. The molecule has 7 radical (unpaired) electrons. The van der Waals surface area contributed by atoms with Gasteiger partial charge in [0.05, 0.1) is 0 Å². The Hall–Kier alpha value is 17.2. The van der Waals surface area contributed by atoms with Gasteiger partial charge in [0, 0.05) is 130 Å². The van der Waals surface area contributed by atoms with Crippen LogP contribution >= 0.6 is 0 Å². The molecule has 0 aliphatic carbocycles. The summed E-state index contributed by atoms with van der Waals surface area (Å²) in [7, 11) is 0. The van der Waals surface area contributed by atoms with Gasteiger partial charge in [0.1, 0.15) is 0 Å². The Kier molecular flexibility index (Phi) is 14100. The third-order valence-corrected chi connectivity index (χ3v) is 0. The van der Waals surface area contributed by atoms with Crippen LogP contribution in [-0.4, -0.2) is 377 Å². The van der Waals surface area contributed by atoms with E-state index in [1.165, 1.54) is 0 Å².